The van der Waals surface area contributed by atoms with Crippen LogP contribution in [0.1, 0.15) is 59.3 Å². The molecule has 4 rings (SSSR count). The van der Waals surface area contributed by atoms with E-state index in [0.29, 0.717) is 11.7 Å². The van der Waals surface area contributed by atoms with E-state index in [9.17, 15) is 4.79 Å². The minimum absolute atomic E-state index is 0.112. The van der Waals surface area contributed by atoms with Crippen LogP contribution >= 0.6 is 0 Å². The van der Waals surface area contributed by atoms with Crippen molar-refractivity contribution in [1.29, 1.82) is 0 Å². The number of carbonyl (C=O) groups excluding carboxylic acids is 1. The molecule has 1 aliphatic heterocycles. The largest absolute Gasteiger partial charge is 0.344 e. The Balaban J connectivity index is 1.41. The zero-order chi connectivity index (χ0) is 20.4. The summed E-state index contributed by atoms with van der Waals surface area (Å²) in [7, 11) is 0. The lowest BCUT2D eigenvalue weighted by molar-refractivity contribution is 0.0933. The van der Waals surface area contributed by atoms with Crippen LogP contribution in [0.2, 0.25) is 0 Å². The van der Waals surface area contributed by atoms with Gasteiger partial charge >= 0.3 is 0 Å². The van der Waals surface area contributed by atoms with Gasteiger partial charge in [-0.3, -0.25) is 9.48 Å². The van der Waals surface area contributed by atoms with Crippen LogP contribution in [0.4, 0.5) is 0 Å². The van der Waals surface area contributed by atoms with Gasteiger partial charge in [-0.15, -0.1) is 0 Å². The van der Waals surface area contributed by atoms with Gasteiger partial charge in [-0.2, -0.15) is 10.2 Å². The molecule has 0 aliphatic carbocycles. The highest BCUT2D eigenvalue weighted by Gasteiger charge is 2.19. The lowest BCUT2D eigenvalue weighted by Crippen LogP contribution is -2.32. The molecular weight excluding hydrogens is 364 g/mol. The summed E-state index contributed by atoms with van der Waals surface area (Å²) in [5.74, 6) is -0.150. The number of carbonyl (C=O) groups is 1. The summed E-state index contributed by atoms with van der Waals surface area (Å²) in [5, 5.41) is 15.4. The van der Waals surface area contributed by atoms with Crippen molar-refractivity contribution in [3.8, 4) is 5.69 Å². The Morgan fingerprint density at radius 2 is 2.00 bits per heavy atom. The van der Waals surface area contributed by atoms with E-state index in [4.69, 9.17) is 0 Å². The normalized spacial score (nSPS) is 17.8. The second-order valence-corrected chi connectivity index (χ2v) is 7.81. The van der Waals surface area contributed by atoms with Crippen LogP contribution in [0.5, 0.6) is 0 Å². The third kappa shape index (κ3) is 4.24. The zero-order valence-corrected chi connectivity index (χ0v) is 17.2. The average molecular weight is 393 g/mol. The Bertz CT molecular complexity index is 981. The van der Waals surface area contributed by atoms with Crippen molar-refractivity contribution < 1.29 is 4.79 Å². The molecule has 7 nitrogen and oxygen atoms in total. The van der Waals surface area contributed by atoms with Crippen molar-refractivity contribution in [2.45, 2.75) is 45.7 Å². The number of amides is 1. The number of benzene rings is 1. The van der Waals surface area contributed by atoms with Crippen molar-refractivity contribution in [1.82, 2.24) is 30.2 Å². The molecule has 1 amide bonds. The van der Waals surface area contributed by atoms with Crippen molar-refractivity contribution in [2.24, 2.45) is 0 Å². The number of hydrogen-bond acceptors (Lipinski definition) is 4. The molecule has 3 aromatic rings. The van der Waals surface area contributed by atoms with Gasteiger partial charge in [-0.05, 0) is 70.0 Å². The standard InChI is InChI=1S/C22H28N6O/c1-15-13-16(2)28(25-15)19-8-6-18(7-9-19)17(3)24-22(29)21-10-12-27(26-21)20-5-4-11-23-14-20/h6-10,12-13,17,20,23H,4-5,11,14H2,1-3H3,(H,24,29). The molecule has 0 spiro atoms. The minimum Gasteiger partial charge on any atom is -0.344 e. The predicted molar refractivity (Wildman–Crippen MR) is 112 cm³/mol. The van der Waals surface area contributed by atoms with Crippen molar-refractivity contribution in [2.75, 3.05) is 13.1 Å². The summed E-state index contributed by atoms with van der Waals surface area (Å²) in [6.45, 7) is 7.97. The van der Waals surface area contributed by atoms with E-state index in [1.807, 2.05) is 60.6 Å². The van der Waals surface area contributed by atoms with E-state index < -0.39 is 0 Å². The molecule has 2 aromatic heterocycles. The molecular formula is C22H28N6O. The van der Waals surface area contributed by atoms with Crippen LogP contribution < -0.4 is 10.6 Å². The molecule has 1 aliphatic rings. The highest BCUT2D eigenvalue weighted by Crippen LogP contribution is 2.19. The van der Waals surface area contributed by atoms with Gasteiger partial charge in [0.15, 0.2) is 0 Å². The maximum Gasteiger partial charge on any atom is 0.272 e. The number of rotatable bonds is 5. The SMILES string of the molecule is Cc1cc(C)n(-c2ccc(C(C)NC(=O)c3ccn(C4CCCNC4)n3)cc2)n1. The highest BCUT2D eigenvalue weighted by atomic mass is 16.2. The molecule has 1 aromatic carbocycles. The van der Waals surface area contributed by atoms with E-state index in [1.54, 1.807) is 6.07 Å². The van der Waals surface area contributed by atoms with Crippen LogP contribution in [-0.4, -0.2) is 38.6 Å². The average Bonchev–Trinajstić information content (AvgIpc) is 3.35. The van der Waals surface area contributed by atoms with Gasteiger partial charge in [0.05, 0.1) is 23.5 Å². The summed E-state index contributed by atoms with van der Waals surface area (Å²) in [6, 6.07) is 12.2. The molecule has 3 heterocycles. The first-order chi connectivity index (χ1) is 14.0. The van der Waals surface area contributed by atoms with E-state index in [2.05, 4.69) is 26.9 Å². The van der Waals surface area contributed by atoms with Crippen LogP contribution in [0.15, 0.2) is 42.6 Å². The summed E-state index contributed by atoms with van der Waals surface area (Å²) in [5.41, 5.74) is 4.61. The van der Waals surface area contributed by atoms with Crippen molar-refractivity contribution in [3.63, 3.8) is 0 Å². The molecule has 29 heavy (non-hydrogen) atoms. The Kier molecular flexibility index (Phi) is 5.49. The smallest absolute Gasteiger partial charge is 0.272 e. The molecule has 0 saturated carbocycles. The van der Waals surface area contributed by atoms with Crippen LogP contribution in [0.25, 0.3) is 5.69 Å². The maximum absolute atomic E-state index is 12.6. The van der Waals surface area contributed by atoms with Gasteiger partial charge in [0.25, 0.3) is 5.91 Å². The third-order valence-corrected chi connectivity index (χ3v) is 5.48. The Morgan fingerprint density at radius 3 is 2.66 bits per heavy atom. The predicted octanol–water partition coefficient (Wildman–Crippen LogP) is 3.10. The summed E-state index contributed by atoms with van der Waals surface area (Å²) < 4.78 is 3.84. The van der Waals surface area contributed by atoms with Gasteiger partial charge in [0, 0.05) is 18.4 Å². The Labute approximate surface area is 171 Å². The summed E-state index contributed by atoms with van der Waals surface area (Å²) >= 11 is 0. The zero-order valence-electron chi connectivity index (χ0n) is 17.2. The quantitative estimate of drug-likeness (QED) is 0.700. The molecule has 0 radical (unpaired) electrons. The van der Waals surface area contributed by atoms with Crippen LogP contribution in [0.3, 0.4) is 0 Å². The number of aryl methyl sites for hydroxylation is 2. The van der Waals surface area contributed by atoms with Gasteiger partial charge < -0.3 is 10.6 Å². The number of aromatic nitrogens is 4. The summed E-state index contributed by atoms with van der Waals surface area (Å²) in [4.78, 5) is 12.6. The second-order valence-electron chi connectivity index (χ2n) is 7.81. The summed E-state index contributed by atoms with van der Waals surface area (Å²) in [6.07, 6.45) is 4.13. The number of nitrogens with zero attached hydrogens (tertiary/aromatic N) is 4. The molecule has 2 unspecified atom stereocenters. The van der Waals surface area contributed by atoms with E-state index in [-0.39, 0.29) is 11.9 Å². The van der Waals surface area contributed by atoms with Crippen molar-refractivity contribution >= 4 is 5.91 Å². The van der Waals surface area contributed by atoms with Crippen LogP contribution in [-0.2, 0) is 0 Å². The maximum atomic E-state index is 12.6. The minimum atomic E-state index is -0.150. The Hall–Kier alpha value is -2.93. The lowest BCUT2D eigenvalue weighted by Gasteiger charge is -2.22. The van der Waals surface area contributed by atoms with E-state index >= 15 is 0 Å². The number of nitrogens with one attached hydrogen (secondary N) is 2. The number of piperidine rings is 1. The topological polar surface area (TPSA) is 76.8 Å². The van der Waals surface area contributed by atoms with E-state index in [1.165, 1.54) is 0 Å². The molecule has 0 bridgehead atoms. The third-order valence-electron chi connectivity index (χ3n) is 5.48. The fourth-order valence-corrected chi connectivity index (χ4v) is 3.87. The van der Waals surface area contributed by atoms with Gasteiger partial charge in [0.2, 0.25) is 0 Å². The first-order valence-electron chi connectivity index (χ1n) is 10.2. The fourth-order valence-electron chi connectivity index (χ4n) is 3.87. The molecule has 2 N–H and O–H groups in total. The lowest BCUT2D eigenvalue weighted by atomic mass is 10.1. The highest BCUT2D eigenvalue weighted by molar-refractivity contribution is 5.92. The van der Waals surface area contributed by atoms with Crippen LogP contribution in [0, 0.1) is 13.8 Å². The van der Waals surface area contributed by atoms with Gasteiger partial charge in [0.1, 0.15) is 5.69 Å². The van der Waals surface area contributed by atoms with E-state index in [0.717, 1.165) is 48.6 Å². The fraction of sp³-hybridized carbons (Fsp3) is 0.409. The molecule has 1 saturated heterocycles. The first-order valence-corrected chi connectivity index (χ1v) is 10.2. The molecule has 7 heteroatoms. The van der Waals surface area contributed by atoms with Gasteiger partial charge in [-0.1, -0.05) is 12.1 Å². The first kappa shape index (κ1) is 19.4. The monoisotopic (exact) mass is 392 g/mol. The Morgan fingerprint density at radius 1 is 1.21 bits per heavy atom. The molecule has 2 atom stereocenters. The molecule has 152 valence electrons. The number of hydrogen-bond donors (Lipinski definition) is 2. The molecule has 1 fully saturated rings. The van der Waals surface area contributed by atoms with Crippen molar-refractivity contribution in [3.05, 3.63) is 65.2 Å². The second kappa shape index (κ2) is 8.21. The van der Waals surface area contributed by atoms with Gasteiger partial charge in [-0.25, -0.2) is 4.68 Å².